The molecule has 0 saturated carbocycles. The van der Waals surface area contributed by atoms with Gasteiger partial charge in [0.25, 0.3) is 0 Å². The Hall–Kier alpha value is -3.15. The van der Waals surface area contributed by atoms with Crippen molar-refractivity contribution in [3.63, 3.8) is 0 Å². The molecule has 0 saturated heterocycles. The zero-order valence-electron chi connectivity index (χ0n) is 13.9. The van der Waals surface area contributed by atoms with Gasteiger partial charge in [0.2, 0.25) is 0 Å². The van der Waals surface area contributed by atoms with Crippen LogP contribution in [0.15, 0.2) is 60.7 Å². The number of rotatable bonds is 5. The monoisotopic (exact) mass is 338 g/mol. The first-order chi connectivity index (χ1) is 12.1. The number of carbonyl (C=O) groups is 1. The van der Waals surface area contributed by atoms with Crippen LogP contribution in [0.2, 0.25) is 0 Å². The average Bonchev–Trinajstić information content (AvgIpc) is 2.96. The second kappa shape index (κ2) is 7.61. The fourth-order valence-electron chi connectivity index (χ4n) is 2.58. The van der Waals surface area contributed by atoms with Gasteiger partial charge < -0.3 is 5.32 Å². The molecule has 0 aliphatic carbocycles. The van der Waals surface area contributed by atoms with Crippen LogP contribution in [0.3, 0.4) is 0 Å². The Kier molecular flexibility index (Phi) is 5.09. The molecule has 3 aromatic rings. The number of urea groups is 1. The molecule has 3 rings (SSSR count). The van der Waals surface area contributed by atoms with Gasteiger partial charge in [-0.15, -0.1) is 0 Å². The van der Waals surface area contributed by atoms with Crippen LogP contribution in [0.4, 0.5) is 15.0 Å². The quantitative estimate of drug-likeness (QED) is 0.747. The van der Waals surface area contributed by atoms with Crippen molar-refractivity contribution in [3.05, 3.63) is 72.0 Å². The summed E-state index contributed by atoms with van der Waals surface area (Å²) < 4.78 is 14.8. The molecule has 2 amide bonds. The van der Waals surface area contributed by atoms with Gasteiger partial charge in [-0.05, 0) is 29.7 Å². The van der Waals surface area contributed by atoms with Crippen molar-refractivity contribution >= 4 is 11.8 Å². The zero-order valence-corrected chi connectivity index (χ0v) is 13.9. The highest BCUT2D eigenvalue weighted by atomic mass is 19.1. The molecule has 2 aromatic carbocycles. The normalized spacial score (nSPS) is 10.5. The molecule has 0 fully saturated rings. The lowest BCUT2D eigenvalue weighted by molar-refractivity contribution is 0.252. The van der Waals surface area contributed by atoms with Gasteiger partial charge in [-0.1, -0.05) is 42.5 Å². The van der Waals surface area contributed by atoms with Crippen LogP contribution in [0.25, 0.3) is 11.3 Å². The van der Waals surface area contributed by atoms with Crippen molar-refractivity contribution in [1.82, 2.24) is 15.1 Å². The van der Waals surface area contributed by atoms with Crippen molar-refractivity contribution < 1.29 is 9.18 Å². The van der Waals surface area contributed by atoms with Gasteiger partial charge in [-0.2, -0.15) is 5.10 Å². The molecule has 0 atom stereocenters. The minimum absolute atomic E-state index is 0.274. The molecule has 128 valence electrons. The maximum atomic E-state index is 13.1. The largest absolute Gasteiger partial charge is 0.337 e. The number of anilines is 1. The van der Waals surface area contributed by atoms with Crippen molar-refractivity contribution in [2.24, 2.45) is 7.05 Å². The predicted octanol–water partition coefficient (Wildman–Crippen LogP) is 3.59. The van der Waals surface area contributed by atoms with Gasteiger partial charge in [0.05, 0.1) is 5.69 Å². The number of hydrogen-bond donors (Lipinski definition) is 2. The number of amides is 2. The highest BCUT2D eigenvalue weighted by Crippen LogP contribution is 2.21. The Bertz CT molecular complexity index is 861. The van der Waals surface area contributed by atoms with Crippen LogP contribution in [0, 0.1) is 5.82 Å². The summed E-state index contributed by atoms with van der Waals surface area (Å²) in [6.45, 7) is 0.410. The average molecular weight is 338 g/mol. The fourth-order valence-corrected chi connectivity index (χ4v) is 2.58. The third-order valence-corrected chi connectivity index (χ3v) is 3.78. The third-order valence-electron chi connectivity index (χ3n) is 3.78. The smallest absolute Gasteiger partial charge is 0.320 e. The zero-order chi connectivity index (χ0) is 17.6. The van der Waals surface area contributed by atoms with E-state index in [1.165, 1.54) is 12.1 Å². The minimum Gasteiger partial charge on any atom is -0.337 e. The lowest BCUT2D eigenvalue weighted by atomic mass is 10.1. The van der Waals surface area contributed by atoms with Crippen LogP contribution >= 0.6 is 0 Å². The predicted molar refractivity (Wildman–Crippen MR) is 95.8 cm³/mol. The Morgan fingerprint density at radius 2 is 1.92 bits per heavy atom. The molecular formula is C19H19FN4O. The number of nitrogens with zero attached hydrogens (tertiary/aromatic N) is 2. The third kappa shape index (κ3) is 4.44. The highest BCUT2D eigenvalue weighted by Gasteiger charge is 2.09. The second-order valence-corrected chi connectivity index (χ2v) is 5.67. The van der Waals surface area contributed by atoms with Crippen LogP contribution in [0.5, 0.6) is 0 Å². The highest BCUT2D eigenvalue weighted by molar-refractivity contribution is 5.88. The van der Waals surface area contributed by atoms with Gasteiger partial charge in [-0.25, -0.2) is 9.18 Å². The van der Waals surface area contributed by atoms with E-state index in [-0.39, 0.29) is 11.8 Å². The van der Waals surface area contributed by atoms with E-state index in [0.717, 1.165) is 16.8 Å². The van der Waals surface area contributed by atoms with E-state index in [1.807, 2.05) is 49.5 Å². The second-order valence-electron chi connectivity index (χ2n) is 5.67. The maximum absolute atomic E-state index is 13.1. The fraction of sp³-hybridized carbons (Fsp3) is 0.158. The number of benzene rings is 2. The van der Waals surface area contributed by atoms with E-state index >= 15 is 0 Å². The molecule has 1 heterocycles. The van der Waals surface area contributed by atoms with E-state index < -0.39 is 0 Å². The van der Waals surface area contributed by atoms with Crippen LogP contribution in [-0.2, 0) is 13.5 Å². The Morgan fingerprint density at radius 3 is 2.68 bits per heavy atom. The topological polar surface area (TPSA) is 59.0 Å². The number of aryl methyl sites for hydroxylation is 1. The Labute approximate surface area is 145 Å². The van der Waals surface area contributed by atoms with E-state index in [2.05, 4.69) is 15.7 Å². The minimum atomic E-state index is -0.339. The summed E-state index contributed by atoms with van der Waals surface area (Å²) in [5.41, 5.74) is 2.78. The van der Waals surface area contributed by atoms with Gasteiger partial charge in [0.1, 0.15) is 5.82 Å². The summed E-state index contributed by atoms with van der Waals surface area (Å²) in [7, 11) is 1.83. The lowest BCUT2D eigenvalue weighted by Crippen LogP contribution is -2.30. The molecule has 0 spiro atoms. The Balaban J connectivity index is 1.55. The summed E-state index contributed by atoms with van der Waals surface area (Å²) in [5, 5.41) is 9.76. The molecule has 0 aliphatic rings. The van der Waals surface area contributed by atoms with Crippen molar-refractivity contribution in [2.45, 2.75) is 6.42 Å². The first-order valence-electron chi connectivity index (χ1n) is 8.00. The molecule has 0 bridgehead atoms. The van der Waals surface area contributed by atoms with E-state index in [4.69, 9.17) is 0 Å². The van der Waals surface area contributed by atoms with Crippen LogP contribution < -0.4 is 10.6 Å². The molecule has 1 aromatic heterocycles. The molecule has 0 radical (unpaired) electrons. The van der Waals surface area contributed by atoms with E-state index in [1.54, 1.807) is 10.7 Å². The van der Waals surface area contributed by atoms with E-state index in [9.17, 15) is 9.18 Å². The number of carbonyl (C=O) groups excluding carboxylic acids is 1. The van der Waals surface area contributed by atoms with Crippen LogP contribution in [-0.4, -0.2) is 22.4 Å². The first-order valence-corrected chi connectivity index (χ1v) is 8.00. The first kappa shape index (κ1) is 16.7. The molecule has 6 heteroatoms. The number of halogens is 1. The summed E-state index contributed by atoms with van der Waals surface area (Å²) >= 11 is 0. The molecule has 2 N–H and O–H groups in total. The summed E-state index contributed by atoms with van der Waals surface area (Å²) in [4.78, 5) is 12.0. The summed E-state index contributed by atoms with van der Waals surface area (Å²) in [6, 6.07) is 17.7. The molecule has 25 heavy (non-hydrogen) atoms. The van der Waals surface area contributed by atoms with Gasteiger partial charge in [0, 0.05) is 19.7 Å². The lowest BCUT2D eigenvalue weighted by Gasteiger charge is -2.05. The molecule has 5 nitrogen and oxygen atoms in total. The Morgan fingerprint density at radius 1 is 1.12 bits per heavy atom. The summed E-state index contributed by atoms with van der Waals surface area (Å²) in [6.07, 6.45) is 0.558. The van der Waals surface area contributed by atoms with Gasteiger partial charge in [-0.3, -0.25) is 10.00 Å². The number of nitrogens with one attached hydrogen (secondary N) is 2. The number of aromatic nitrogens is 2. The molecule has 0 aliphatic heterocycles. The van der Waals surface area contributed by atoms with Gasteiger partial charge in [0.15, 0.2) is 5.82 Å². The molecule has 0 unspecified atom stereocenters. The van der Waals surface area contributed by atoms with Crippen molar-refractivity contribution in [2.75, 3.05) is 11.9 Å². The van der Waals surface area contributed by atoms with E-state index in [0.29, 0.717) is 18.8 Å². The van der Waals surface area contributed by atoms with Crippen molar-refractivity contribution in [1.29, 1.82) is 0 Å². The summed E-state index contributed by atoms with van der Waals surface area (Å²) in [5.74, 6) is 0.202. The van der Waals surface area contributed by atoms with Gasteiger partial charge >= 0.3 is 6.03 Å². The molecular weight excluding hydrogens is 319 g/mol. The SMILES string of the molecule is Cn1nc(NC(=O)NCCc2cccc(F)c2)cc1-c1ccccc1. The van der Waals surface area contributed by atoms with Crippen molar-refractivity contribution in [3.8, 4) is 11.3 Å². The number of hydrogen-bond acceptors (Lipinski definition) is 2. The maximum Gasteiger partial charge on any atom is 0.320 e. The van der Waals surface area contributed by atoms with Crippen LogP contribution in [0.1, 0.15) is 5.56 Å². The standard InChI is InChI=1S/C19H19FN4O/c1-24-17(15-7-3-2-4-8-15)13-18(23-24)22-19(25)21-11-10-14-6-5-9-16(20)12-14/h2-9,12-13H,10-11H2,1H3,(H2,21,22,23,25).